The zero-order chi connectivity index (χ0) is 14.5. The van der Waals surface area contributed by atoms with Gasteiger partial charge in [0.05, 0.1) is 6.61 Å². The summed E-state index contributed by atoms with van der Waals surface area (Å²) in [7, 11) is 0. The van der Waals surface area contributed by atoms with Crippen molar-refractivity contribution in [1.82, 2.24) is 0 Å². The van der Waals surface area contributed by atoms with Crippen LogP contribution < -0.4 is 4.74 Å². The van der Waals surface area contributed by atoms with Gasteiger partial charge in [-0.15, -0.1) is 0 Å². The van der Waals surface area contributed by atoms with E-state index in [0.29, 0.717) is 5.56 Å². The highest BCUT2D eigenvalue weighted by Crippen LogP contribution is 2.37. The normalized spacial score (nSPS) is 11.7. The van der Waals surface area contributed by atoms with Crippen molar-refractivity contribution in [2.45, 2.75) is 18.7 Å². The Morgan fingerprint density at radius 2 is 1.63 bits per heavy atom. The smallest absolute Gasteiger partial charge is 0.426 e. The third-order valence-corrected chi connectivity index (χ3v) is 1.90. The number of hydrogen-bond acceptors (Lipinski definition) is 2. The Kier molecular flexibility index (Phi) is 4.72. The number of halogens is 5. The van der Waals surface area contributed by atoms with Crippen LogP contribution >= 0.6 is 0 Å². The van der Waals surface area contributed by atoms with Crippen molar-refractivity contribution in [3.63, 3.8) is 0 Å². The highest BCUT2D eigenvalue weighted by atomic mass is 19.4. The van der Waals surface area contributed by atoms with Crippen molar-refractivity contribution in [3.8, 4) is 17.6 Å². The lowest BCUT2D eigenvalue weighted by Gasteiger charge is -2.20. The lowest BCUT2D eigenvalue weighted by atomic mass is 10.2. The minimum Gasteiger partial charge on any atom is -0.426 e. The molecule has 1 N–H and O–H groups in total. The fraction of sp³-hybridized carbons (Fsp3) is 0.333. The van der Waals surface area contributed by atoms with Crippen LogP contribution in [0.3, 0.4) is 0 Å². The summed E-state index contributed by atoms with van der Waals surface area (Å²) in [6.45, 7) is -0.119. The molecule has 0 aliphatic heterocycles. The van der Waals surface area contributed by atoms with Crippen molar-refractivity contribution in [2.24, 2.45) is 0 Å². The van der Waals surface area contributed by atoms with E-state index in [0.717, 1.165) is 12.1 Å². The molecule has 1 aromatic carbocycles. The van der Waals surface area contributed by atoms with Gasteiger partial charge < -0.3 is 9.84 Å². The topological polar surface area (TPSA) is 29.5 Å². The van der Waals surface area contributed by atoms with Gasteiger partial charge in [0.2, 0.25) is 0 Å². The molecule has 1 aromatic rings. The first-order valence-electron chi connectivity index (χ1n) is 5.09. The third-order valence-electron chi connectivity index (χ3n) is 1.90. The molecule has 1 rings (SSSR count). The second-order valence-electron chi connectivity index (χ2n) is 3.42. The molecule has 0 unspecified atom stereocenters. The predicted octanol–water partition coefficient (Wildman–Crippen LogP) is 2.95. The van der Waals surface area contributed by atoms with Crippen LogP contribution in [0.2, 0.25) is 0 Å². The number of alkyl halides is 5. The molecule has 0 spiro atoms. The summed E-state index contributed by atoms with van der Waals surface area (Å²) in [5.41, 5.74) is 0.413. The van der Waals surface area contributed by atoms with Crippen LogP contribution in [0, 0.1) is 11.8 Å². The van der Waals surface area contributed by atoms with Gasteiger partial charge in [-0.1, -0.05) is 11.8 Å². The maximum atomic E-state index is 12.6. The average Bonchev–Trinajstić information content (AvgIpc) is 2.30. The average molecular weight is 280 g/mol. The molecular weight excluding hydrogens is 271 g/mol. The lowest BCUT2D eigenvalue weighted by Crippen LogP contribution is -2.41. The maximum absolute atomic E-state index is 12.6. The first-order chi connectivity index (χ1) is 8.76. The van der Waals surface area contributed by atoms with Crippen LogP contribution in [0.1, 0.15) is 12.0 Å². The summed E-state index contributed by atoms with van der Waals surface area (Å²) in [6, 6.07) is 4.41. The number of rotatable bonds is 3. The van der Waals surface area contributed by atoms with Gasteiger partial charge in [-0.05, 0) is 24.3 Å². The second-order valence-corrected chi connectivity index (χ2v) is 3.42. The number of aliphatic hydroxyl groups excluding tert-OH is 1. The fourth-order valence-corrected chi connectivity index (χ4v) is 1.03. The molecule has 0 atom stereocenters. The van der Waals surface area contributed by atoms with Gasteiger partial charge in [0.15, 0.2) is 0 Å². The quantitative estimate of drug-likeness (QED) is 0.681. The van der Waals surface area contributed by atoms with Crippen molar-refractivity contribution >= 4 is 0 Å². The molecule has 7 heteroatoms. The maximum Gasteiger partial charge on any atom is 0.499 e. The Morgan fingerprint density at radius 3 is 2.11 bits per heavy atom. The Morgan fingerprint density at radius 1 is 1.05 bits per heavy atom. The molecule has 0 saturated heterocycles. The Labute approximate surface area is 105 Å². The van der Waals surface area contributed by atoms with Gasteiger partial charge in [0.1, 0.15) is 5.75 Å². The lowest BCUT2D eigenvalue weighted by molar-refractivity contribution is -0.360. The Bertz CT molecular complexity index is 468. The van der Waals surface area contributed by atoms with Crippen LogP contribution in [-0.2, 0) is 0 Å². The van der Waals surface area contributed by atoms with E-state index in [9.17, 15) is 22.0 Å². The summed E-state index contributed by atoms with van der Waals surface area (Å²) in [5, 5.41) is 8.48. The largest absolute Gasteiger partial charge is 0.499 e. The number of ether oxygens (including phenoxy) is 1. The van der Waals surface area contributed by atoms with Crippen LogP contribution in [0.5, 0.6) is 5.75 Å². The van der Waals surface area contributed by atoms with Crippen molar-refractivity contribution in [3.05, 3.63) is 29.8 Å². The van der Waals surface area contributed by atoms with E-state index in [1.807, 2.05) is 0 Å². The van der Waals surface area contributed by atoms with Gasteiger partial charge in [-0.3, -0.25) is 0 Å². The highest BCUT2D eigenvalue weighted by Gasteiger charge is 2.61. The predicted molar refractivity (Wildman–Crippen MR) is 56.7 cm³/mol. The molecule has 104 valence electrons. The first-order valence-corrected chi connectivity index (χ1v) is 5.09. The van der Waals surface area contributed by atoms with E-state index in [1.54, 1.807) is 0 Å². The zero-order valence-corrected chi connectivity index (χ0v) is 9.47. The van der Waals surface area contributed by atoms with Crippen molar-refractivity contribution in [1.29, 1.82) is 0 Å². The molecular formula is C12H9F5O2. The minimum absolute atomic E-state index is 0.119. The van der Waals surface area contributed by atoms with Gasteiger partial charge in [-0.2, -0.15) is 22.0 Å². The Hall–Kier alpha value is -1.81. The molecule has 0 heterocycles. The van der Waals surface area contributed by atoms with Gasteiger partial charge in [-0.25, -0.2) is 0 Å². The molecule has 2 nitrogen and oxygen atoms in total. The molecule has 0 saturated carbocycles. The van der Waals surface area contributed by atoms with Crippen LogP contribution in [0.15, 0.2) is 24.3 Å². The van der Waals surface area contributed by atoms with E-state index in [1.165, 1.54) is 12.1 Å². The van der Waals surface area contributed by atoms with Crippen LogP contribution in [0.25, 0.3) is 0 Å². The van der Waals surface area contributed by atoms with E-state index >= 15 is 0 Å². The number of benzene rings is 1. The van der Waals surface area contributed by atoms with Gasteiger partial charge in [0, 0.05) is 12.0 Å². The molecule has 0 bridgehead atoms. The van der Waals surface area contributed by atoms with Gasteiger partial charge in [0.25, 0.3) is 0 Å². The van der Waals surface area contributed by atoms with Crippen LogP contribution in [-0.4, -0.2) is 24.0 Å². The highest BCUT2D eigenvalue weighted by molar-refractivity contribution is 5.38. The van der Waals surface area contributed by atoms with Crippen molar-refractivity contribution in [2.75, 3.05) is 6.61 Å². The summed E-state index contributed by atoms with van der Waals surface area (Å²) in [6.07, 6.45) is -10.8. The minimum atomic E-state index is -5.77. The number of hydrogen-bond donors (Lipinski definition) is 1. The summed E-state index contributed by atoms with van der Waals surface area (Å²) < 4.78 is 64.4. The SMILES string of the molecule is OCCC#Cc1ccc(OC(F)(F)C(F)(F)F)cc1. The second kappa shape index (κ2) is 5.89. The zero-order valence-electron chi connectivity index (χ0n) is 9.47. The van der Waals surface area contributed by atoms with Gasteiger partial charge >= 0.3 is 12.3 Å². The van der Waals surface area contributed by atoms with E-state index in [4.69, 9.17) is 5.11 Å². The third kappa shape index (κ3) is 4.41. The summed E-state index contributed by atoms with van der Waals surface area (Å²) >= 11 is 0. The number of aliphatic hydroxyl groups is 1. The molecule has 0 aromatic heterocycles. The first kappa shape index (κ1) is 15.2. The molecule has 0 aliphatic rings. The van der Waals surface area contributed by atoms with E-state index < -0.39 is 18.0 Å². The summed E-state index contributed by atoms with van der Waals surface area (Å²) in [5.74, 6) is 4.55. The monoisotopic (exact) mass is 280 g/mol. The molecule has 0 amide bonds. The standard InChI is InChI=1S/C12H9F5O2/c13-11(14,15)12(16,17)19-10-6-4-9(5-7-10)3-1-2-8-18/h4-7,18H,2,8H2. The van der Waals surface area contributed by atoms with E-state index in [2.05, 4.69) is 16.6 Å². The molecule has 19 heavy (non-hydrogen) atoms. The molecule has 0 aliphatic carbocycles. The van der Waals surface area contributed by atoms with Crippen LogP contribution in [0.4, 0.5) is 22.0 Å². The molecule has 0 radical (unpaired) electrons. The molecule has 0 fully saturated rings. The van der Waals surface area contributed by atoms with Crippen molar-refractivity contribution < 1.29 is 31.8 Å². The fourth-order valence-electron chi connectivity index (χ4n) is 1.03. The summed E-state index contributed by atoms with van der Waals surface area (Å²) in [4.78, 5) is 0. The Balaban J connectivity index is 2.76. The van der Waals surface area contributed by atoms with E-state index in [-0.39, 0.29) is 13.0 Å².